The number of ether oxygens (including phenoxy) is 2. The van der Waals surface area contributed by atoms with E-state index in [0.29, 0.717) is 41.8 Å². The van der Waals surface area contributed by atoms with Crippen LogP contribution in [0.1, 0.15) is 36.7 Å². The first kappa shape index (κ1) is 21.9. The highest BCUT2D eigenvalue weighted by atomic mass is 35.5. The van der Waals surface area contributed by atoms with E-state index in [1.807, 2.05) is 6.92 Å². The number of nitrogens with zero attached hydrogens (tertiary/aromatic N) is 3. The summed E-state index contributed by atoms with van der Waals surface area (Å²) in [6, 6.07) is 5.72. The van der Waals surface area contributed by atoms with Gasteiger partial charge in [0.25, 0.3) is 11.8 Å². The van der Waals surface area contributed by atoms with Gasteiger partial charge in [0, 0.05) is 17.7 Å². The molecule has 3 saturated carbocycles. The molecule has 2 aromatic heterocycles. The fourth-order valence-electron chi connectivity index (χ4n) is 4.43. The van der Waals surface area contributed by atoms with Crippen molar-refractivity contribution in [2.24, 2.45) is 0 Å². The molecule has 6 rings (SSSR count). The Labute approximate surface area is 198 Å². The van der Waals surface area contributed by atoms with Gasteiger partial charge >= 0.3 is 0 Å². The van der Waals surface area contributed by atoms with Crippen LogP contribution in [0.2, 0.25) is 10.0 Å². The molecular formula is C22H19Cl2FN4O4. The van der Waals surface area contributed by atoms with Crippen molar-refractivity contribution in [2.75, 3.05) is 6.61 Å². The number of benzene rings is 1. The summed E-state index contributed by atoms with van der Waals surface area (Å²) in [6.45, 7) is 1.70. The van der Waals surface area contributed by atoms with Crippen LogP contribution >= 0.6 is 23.2 Å². The van der Waals surface area contributed by atoms with Gasteiger partial charge in [-0.15, -0.1) is 10.2 Å². The van der Waals surface area contributed by atoms with Crippen LogP contribution in [0.5, 0.6) is 11.5 Å². The predicted octanol–water partition coefficient (Wildman–Crippen LogP) is 4.17. The van der Waals surface area contributed by atoms with Crippen LogP contribution in [0.15, 0.2) is 34.9 Å². The molecule has 0 radical (unpaired) electrons. The average molecular weight is 493 g/mol. The fourth-order valence-corrected chi connectivity index (χ4v) is 4.71. The third-order valence-corrected chi connectivity index (χ3v) is 6.67. The lowest BCUT2D eigenvalue weighted by Crippen LogP contribution is -2.77. The fraction of sp³-hybridized carbons (Fsp3) is 0.364. The molecule has 1 N–H and O–H groups in total. The van der Waals surface area contributed by atoms with Gasteiger partial charge in [-0.25, -0.2) is 4.39 Å². The van der Waals surface area contributed by atoms with Crippen LogP contribution in [0.25, 0.3) is 0 Å². The van der Waals surface area contributed by atoms with Gasteiger partial charge < -0.3 is 19.2 Å². The Morgan fingerprint density at radius 1 is 1.15 bits per heavy atom. The van der Waals surface area contributed by atoms with E-state index in [-0.39, 0.29) is 40.8 Å². The van der Waals surface area contributed by atoms with Gasteiger partial charge in [-0.3, -0.25) is 9.78 Å². The van der Waals surface area contributed by atoms with Crippen LogP contribution in [0.4, 0.5) is 4.39 Å². The Bertz CT molecular complexity index is 1220. The van der Waals surface area contributed by atoms with Crippen LogP contribution in [-0.4, -0.2) is 33.2 Å². The van der Waals surface area contributed by atoms with Gasteiger partial charge in [0.05, 0.1) is 27.4 Å². The van der Waals surface area contributed by atoms with Crippen molar-refractivity contribution < 1.29 is 23.1 Å². The highest BCUT2D eigenvalue weighted by Crippen LogP contribution is 2.67. The Morgan fingerprint density at radius 3 is 2.67 bits per heavy atom. The molecule has 3 aromatic rings. The SMILES string of the molecule is Cc1ncc(OCc2nnc(C34CC(NC(=O)COc5ccc(Cl)c(F)c5)(C3)C4)o2)cc1Cl. The molecule has 11 heteroatoms. The summed E-state index contributed by atoms with van der Waals surface area (Å²) in [6.07, 6.45) is 3.71. The molecule has 3 aliphatic carbocycles. The third-order valence-electron chi connectivity index (χ3n) is 5.98. The molecule has 0 atom stereocenters. The monoisotopic (exact) mass is 492 g/mol. The summed E-state index contributed by atoms with van der Waals surface area (Å²) in [5.41, 5.74) is 0.216. The van der Waals surface area contributed by atoms with Gasteiger partial charge in [-0.1, -0.05) is 23.2 Å². The number of nitrogens with one attached hydrogen (secondary N) is 1. The van der Waals surface area contributed by atoms with Crippen molar-refractivity contribution in [1.29, 1.82) is 0 Å². The zero-order valence-electron chi connectivity index (χ0n) is 17.5. The van der Waals surface area contributed by atoms with E-state index < -0.39 is 5.82 Å². The summed E-state index contributed by atoms with van der Waals surface area (Å²) in [5, 5.41) is 11.7. The molecule has 1 amide bonds. The molecular weight excluding hydrogens is 474 g/mol. The van der Waals surface area contributed by atoms with Crippen molar-refractivity contribution in [3.8, 4) is 11.5 Å². The largest absolute Gasteiger partial charge is 0.484 e. The lowest BCUT2D eigenvalue weighted by atomic mass is 9.39. The Morgan fingerprint density at radius 2 is 1.94 bits per heavy atom. The third kappa shape index (κ3) is 4.22. The highest BCUT2D eigenvalue weighted by Gasteiger charge is 2.71. The number of carbonyl (C=O) groups is 1. The minimum Gasteiger partial charge on any atom is -0.484 e. The maximum absolute atomic E-state index is 13.5. The molecule has 172 valence electrons. The van der Waals surface area contributed by atoms with Crippen LogP contribution in [0.3, 0.4) is 0 Å². The molecule has 2 heterocycles. The van der Waals surface area contributed by atoms with E-state index in [1.165, 1.54) is 12.1 Å². The number of hydrogen-bond donors (Lipinski definition) is 1. The second-order valence-electron chi connectivity index (χ2n) is 8.53. The quantitative estimate of drug-likeness (QED) is 0.503. The first-order valence-corrected chi connectivity index (χ1v) is 11.0. The van der Waals surface area contributed by atoms with Crippen LogP contribution in [0, 0.1) is 12.7 Å². The Kier molecular flexibility index (Phi) is 5.41. The maximum Gasteiger partial charge on any atom is 0.258 e. The van der Waals surface area contributed by atoms with Gasteiger partial charge in [-0.05, 0) is 38.3 Å². The number of rotatable bonds is 8. The molecule has 0 aliphatic heterocycles. The van der Waals surface area contributed by atoms with E-state index in [9.17, 15) is 9.18 Å². The predicted molar refractivity (Wildman–Crippen MR) is 116 cm³/mol. The summed E-state index contributed by atoms with van der Waals surface area (Å²) in [4.78, 5) is 16.4. The Balaban J connectivity index is 1.10. The molecule has 2 bridgehead atoms. The van der Waals surface area contributed by atoms with Crippen molar-refractivity contribution in [3.63, 3.8) is 0 Å². The lowest BCUT2D eigenvalue weighted by molar-refractivity contribution is -0.143. The zero-order chi connectivity index (χ0) is 23.2. The number of aryl methyl sites for hydroxylation is 1. The van der Waals surface area contributed by atoms with Crippen molar-refractivity contribution >= 4 is 29.1 Å². The number of carbonyl (C=O) groups excluding carboxylic acids is 1. The van der Waals surface area contributed by atoms with Gasteiger partial charge in [0.2, 0.25) is 5.89 Å². The first-order valence-electron chi connectivity index (χ1n) is 10.2. The van der Waals surface area contributed by atoms with Gasteiger partial charge in [0.1, 0.15) is 17.3 Å². The van der Waals surface area contributed by atoms with Crippen molar-refractivity contribution in [2.45, 2.75) is 43.7 Å². The molecule has 0 saturated heterocycles. The number of pyridine rings is 1. The van der Waals surface area contributed by atoms with Crippen LogP contribution in [-0.2, 0) is 16.8 Å². The molecule has 8 nitrogen and oxygen atoms in total. The number of amides is 1. The van der Waals surface area contributed by atoms with E-state index in [1.54, 1.807) is 12.3 Å². The summed E-state index contributed by atoms with van der Waals surface area (Å²) >= 11 is 11.7. The summed E-state index contributed by atoms with van der Waals surface area (Å²) in [5.74, 6) is 0.785. The van der Waals surface area contributed by atoms with E-state index in [0.717, 1.165) is 11.8 Å². The Hall–Kier alpha value is -2.91. The molecule has 3 fully saturated rings. The summed E-state index contributed by atoms with van der Waals surface area (Å²) in [7, 11) is 0. The standard InChI is InChI=1S/C22H19Cl2FN4O4/c1-12-16(24)4-14(6-26-12)32-8-19-28-29-20(33-19)21-9-22(10-21,11-21)27-18(30)7-31-13-2-3-15(23)17(25)5-13/h2-6H,7-11H2,1H3,(H,27,30). The number of halogens is 3. The molecule has 1 aromatic carbocycles. The molecule has 0 spiro atoms. The second kappa shape index (κ2) is 8.14. The smallest absolute Gasteiger partial charge is 0.258 e. The second-order valence-corrected chi connectivity index (χ2v) is 9.35. The highest BCUT2D eigenvalue weighted by molar-refractivity contribution is 6.31. The minimum atomic E-state index is -0.598. The first-order chi connectivity index (χ1) is 15.8. The minimum absolute atomic E-state index is 0.00161. The molecule has 3 aliphatic rings. The molecule has 0 unspecified atom stereocenters. The molecule has 33 heavy (non-hydrogen) atoms. The normalized spacial score (nSPS) is 22.8. The van der Waals surface area contributed by atoms with Crippen molar-refractivity contribution in [3.05, 3.63) is 63.8 Å². The van der Waals surface area contributed by atoms with Crippen LogP contribution < -0.4 is 14.8 Å². The lowest BCUT2D eigenvalue weighted by Gasteiger charge is -2.68. The average Bonchev–Trinajstić information content (AvgIpc) is 3.20. The van der Waals surface area contributed by atoms with E-state index >= 15 is 0 Å². The van der Waals surface area contributed by atoms with Gasteiger partial charge in [0.15, 0.2) is 13.2 Å². The van der Waals surface area contributed by atoms with Crippen molar-refractivity contribution in [1.82, 2.24) is 20.5 Å². The number of hydrogen-bond acceptors (Lipinski definition) is 7. The van der Waals surface area contributed by atoms with Gasteiger partial charge in [-0.2, -0.15) is 0 Å². The zero-order valence-corrected chi connectivity index (χ0v) is 19.0. The topological polar surface area (TPSA) is 99.4 Å². The maximum atomic E-state index is 13.5. The number of aromatic nitrogens is 3. The van der Waals surface area contributed by atoms with E-state index in [2.05, 4.69) is 20.5 Å². The summed E-state index contributed by atoms with van der Waals surface area (Å²) < 4.78 is 30.2. The van der Waals surface area contributed by atoms with E-state index in [4.69, 9.17) is 37.1 Å².